The molecular weight excluding hydrogens is 314 g/mol. The lowest BCUT2D eigenvalue weighted by molar-refractivity contribution is 0.249. The van der Waals surface area contributed by atoms with E-state index in [1.54, 1.807) is 17.7 Å². The van der Waals surface area contributed by atoms with E-state index in [-0.39, 0.29) is 5.56 Å². The van der Waals surface area contributed by atoms with Crippen molar-refractivity contribution in [1.82, 2.24) is 19.4 Å². The number of hydrogen-bond donors (Lipinski definition) is 0. The highest BCUT2D eigenvalue weighted by atomic mass is 16.1. The minimum Gasteiger partial charge on any atom is -0.354 e. The quantitative estimate of drug-likeness (QED) is 0.850. The summed E-state index contributed by atoms with van der Waals surface area (Å²) in [5, 5.41) is 0. The van der Waals surface area contributed by atoms with Crippen LogP contribution in [0.15, 0.2) is 29.2 Å². The molecule has 0 saturated carbocycles. The van der Waals surface area contributed by atoms with Gasteiger partial charge in [-0.15, -0.1) is 0 Å². The minimum atomic E-state index is 0.0498. The molecule has 0 amide bonds. The van der Waals surface area contributed by atoms with E-state index in [9.17, 15) is 4.79 Å². The van der Waals surface area contributed by atoms with Crippen molar-refractivity contribution >= 4 is 5.82 Å². The second kappa shape index (κ2) is 7.35. The molecule has 1 aliphatic heterocycles. The highest BCUT2D eigenvalue weighted by Crippen LogP contribution is 2.19. The smallest absolute Gasteiger partial charge is 0.250 e. The van der Waals surface area contributed by atoms with Crippen molar-refractivity contribution < 1.29 is 0 Å². The summed E-state index contributed by atoms with van der Waals surface area (Å²) in [6, 6.07) is 5.83. The molecule has 2 aromatic heterocycles. The van der Waals surface area contributed by atoms with E-state index in [0.29, 0.717) is 5.92 Å². The van der Waals surface area contributed by atoms with Crippen molar-refractivity contribution in [3.63, 3.8) is 0 Å². The zero-order valence-corrected chi connectivity index (χ0v) is 15.6. The molecule has 0 spiro atoms. The molecule has 0 atom stereocenters. The second-order valence-electron chi connectivity index (χ2n) is 7.13. The number of pyridine rings is 1. The van der Waals surface area contributed by atoms with Crippen LogP contribution in [0.3, 0.4) is 0 Å². The number of hydrogen-bond acceptors (Lipinski definition) is 5. The van der Waals surface area contributed by atoms with Crippen LogP contribution in [-0.2, 0) is 13.6 Å². The largest absolute Gasteiger partial charge is 0.354 e. The first-order valence-electron chi connectivity index (χ1n) is 8.91. The summed E-state index contributed by atoms with van der Waals surface area (Å²) in [5.74, 6) is 2.28. The molecule has 2 aromatic rings. The molecule has 1 aliphatic rings. The molecule has 0 aliphatic carbocycles. The van der Waals surface area contributed by atoms with Gasteiger partial charge < -0.3 is 9.47 Å². The first-order valence-corrected chi connectivity index (χ1v) is 8.91. The predicted molar refractivity (Wildman–Crippen MR) is 100 cm³/mol. The molecule has 0 radical (unpaired) electrons. The third-order valence-corrected chi connectivity index (χ3v) is 4.65. The Morgan fingerprint density at radius 3 is 2.48 bits per heavy atom. The van der Waals surface area contributed by atoms with Crippen LogP contribution >= 0.6 is 0 Å². The van der Waals surface area contributed by atoms with Gasteiger partial charge in [0.25, 0.3) is 5.56 Å². The summed E-state index contributed by atoms with van der Waals surface area (Å²) in [4.78, 5) is 25.8. The van der Waals surface area contributed by atoms with Gasteiger partial charge in [0, 0.05) is 69.7 Å². The third kappa shape index (κ3) is 4.25. The topological polar surface area (TPSA) is 54.3 Å². The Hall–Kier alpha value is -2.21. The van der Waals surface area contributed by atoms with E-state index < -0.39 is 0 Å². The number of aromatic nitrogens is 3. The van der Waals surface area contributed by atoms with Crippen molar-refractivity contribution in [2.45, 2.75) is 33.2 Å². The lowest BCUT2D eigenvalue weighted by Gasteiger charge is -2.35. The number of piperazine rings is 1. The van der Waals surface area contributed by atoms with Crippen LogP contribution in [-0.4, -0.2) is 45.6 Å². The van der Waals surface area contributed by atoms with Crippen LogP contribution < -0.4 is 10.5 Å². The Bertz CT molecular complexity index is 791. The maximum Gasteiger partial charge on any atom is 0.250 e. The highest BCUT2D eigenvalue weighted by Gasteiger charge is 2.19. The summed E-state index contributed by atoms with van der Waals surface area (Å²) in [5.41, 5.74) is 2.15. The van der Waals surface area contributed by atoms with E-state index in [1.165, 1.54) is 0 Å². The summed E-state index contributed by atoms with van der Waals surface area (Å²) in [6.07, 6.45) is 1.84. The van der Waals surface area contributed by atoms with Crippen LogP contribution in [0.4, 0.5) is 5.82 Å². The molecule has 1 fully saturated rings. The fourth-order valence-electron chi connectivity index (χ4n) is 3.08. The average molecular weight is 341 g/mol. The van der Waals surface area contributed by atoms with Crippen molar-refractivity contribution in [2.24, 2.45) is 7.05 Å². The van der Waals surface area contributed by atoms with Gasteiger partial charge in [-0.2, -0.15) is 0 Å². The molecular formula is C19H27N5O. The fourth-order valence-corrected chi connectivity index (χ4v) is 3.08. The van der Waals surface area contributed by atoms with Gasteiger partial charge in [-0.3, -0.25) is 9.69 Å². The summed E-state index contributed by atoms with van der Waals surface area (Å²) < 4.78 is 1.60. The van der Waals surface area contributed by atoms with Crippen LogP contribution in [0.2, 0.25) is 0 Å². The highest BCUT2D eigenvalue weighted by molar-refractivity contribution is 5.40. The summed E-state index contributed by atoms with van der Waals surface area (Å²) >= 11 is 0. The van der Waals surface area contributed by atoms with Crippen molar-refractivity contribution in [3.05, 3.63) is 51.8 Å². The first kappa shape index (κ1) is 17.6. The minimum absolute atomic E-state index is 0.0498. The lowest BCUT2D eigenvalue weighted by atomic mass is 10.2. The molecule has 3 rings (SSSR count). The van der Waals surface area contributed by atoms with E-state index in [4.69, 9.17) is 4.98 Å². The van der Waals surface area contributed by atoms with E-state index >= 15 is 0 Å². The van der Waals surface area contributed by atoms with Crippen LogP contribution in [0.25, 0.3) is 0 Å². The number of nitrogens with zero attached hydrogens (tertiary/aromatic N) is 5. The molecule has 0 bridgehead atoms. The standard InChI is InChI=1S/C19H27N5O/c1-14(2)19-20-15(3)11-17(21-19)24-9-7-23(8-10-24)13-16-5-6-22(4)18(25)12-16/h5-6,11-12,14H,7-10,13H2,1-4H3. The van der Waals surface area contributed by atoms with Gasteiger partial charge in [0.05, 0.1) is 0 Å². The monoisotopic (exact) mass is 341 g/mol. The van der Waals surface area contributed by atoms with Gasteiger partial charge in [-0.25, -0.2) is 9.97 Å². The van der Waals surface area contributed by atoms with E-state index in [0.717, 1.165) is 55.6 Å². The lowest BCUT2D eigenvalue weighted by Crippen LogP contribution is -2.46. The molecule has 6 heteroatoms. The molecule has 3 heterocycles. The normalized spacial score (nSPS) is 15.8. The number of aryl methyl sites for hydroxylation is 2. The molecule has 1 saturated heterocycles. The Morgan fingerprint density at radius 2 is 1.84 bits per heavy atom. The Kier molecular flexibility index (Phi) is 5.18. The molecule has 0 aromatic carbocycles. The van der Waals surface area contributed by atoms with E-state index in [2.05, 4.69) is 34.7 Å². The molecule has 0 N–H and O–H groups in total. The first-order chi connectivity index (χ1) is 11.9. The fraction of sp³-hybridized carbons (Fsp3) is 0.526. The second-order valence-corrected chi connectivity index (χ2v) is 7.13. The molecule has 134 valence electrons. The SMILES string of the molecule is Cc1cc(N2CCN(Cc3ccn(C)c(=O)c3)CC2)nc(C(C)C)n1. The van der Waals surface area contributed by atoms with Gasteiger partial charge in [0.1, 0.15) is 11.6 Å². The predicted octanol–water partition coefficient (Wildman–Crippen LogP) is 1.93. The van der Waals surface area contributed by atoms with Crippen LogP contribution in [0, 0.1) is 6.92 Å². The maximum absolute atomic E-state index is 11.8. The zero-order chi connectivity index (χ0) is 18.0. The van der Waals surface area contributed by atoms with Crippen LogP contribution in [0.1, 0.15) is 36.8 Å². The molecule has 6 nitrogen and oxygen atoms in total. The third-order valence-electron chi connectivity index (χ3n) is 4.65. The number of rotatable bonds is 4. The van der Waals surface area contributed by atoms with Crippen molar-refractivity contribution in [1.29, 1.82) is 0 Å². The summed E-state index contributed by atoms with van der Waals surface area (Å²) in [7, 11) is 1.78. The van der Waals surface area contributed by atoms with Gasteiger partial charge in [0.15, 0.2) is 0 Å². The van der Waals surface area contributed by atoms with Crippen molar-refractivity contribution in [2.75, 3.05) is 31.1 Å². The van der Waals surface area contributed by atoms with E-state index in [1.807, 2.05) is 19.2 Å². The molecule has 25 heavy (non-hydrogen) atoms. The Morgan fingerprint density at radius 1 is 1.12 bits per heavy atom. The van der Waals surface area contributed by atoms with Gasteiger partial charge in [-0.1, -0.05) is 13.8 Å². The average Bonchev–Trinajstić information content (AvgIpc) is 2.58. The summed E-state index contributed by atoms with van der Waals surface area (Å²) in [6.45, 7) is 10.9. The van der Waals surface area contributed by atoms with Crippen LogP contribution in [0.5, 0.6) is 0 Å². The van der Waals surface area contributed by atoms with Gasteiger partial charge in [0.2, 0.25) is 0 Å². The van der Waals surface area contributed by atoms with Gasteiger partial charge in [-0.05, 0) is 18.6 Å². The number of anilines is 1. The zero-order valence-electron chi connectivity index (χ0n) is 15.6. The molecule has 0 unspecified atom stereocenters. The van der Waals surface area contributed by atoms with Gasteiger partial charge >= 0.3 is 0 Å². The maximum atomic E-state index is 11.8. The Balaban J connectivity index is 1.63. The van der Waals surface area contributed by atoms with Crippen molar-refractivity contribution in [3.8, 4) is 0 Å². The Labute approximate surface area is 149 Å².